The van der Waals surface area contributed by atoms with Crippen LogP contribution in [0, 0.1) is 11.3 Å². The average molecular weight is 279 g/mol. The number of fused-ring (bicyclic) bond motifs is 1. The molecule has 1 N–H and O–H groups in total. The highest BCUT2D eigenvalue weighted by molar-refractivity contribution is 5.81. The van der Waals surface area contributed by atoms with Crippen LogP contribution in [-0.4, -0.2) is 41.1 Å². The van der Waals surface area contributed by atoms with Crippen molar-refractivity contribution in [2.45, 2.75) is 38.3 Å². The molecule has 7 heteroatoms. The third kappa shape index (κ3) is 2.69. The number of hydrogen-bond acceptors (Lipinski definition) is 2. The highest BCUT2D eigenvalue weighted by Crippen LogP contribution is 2.49. The lowest BCUT2D eigenvalue weighted by atomic mass is 9.81. The lowest BCUT2D eigenvalue weighted by Gasteiger charge is -2.23. The normalized spacial score (nSPS) is 30.5. The molecule has 1 amide bonds. The lowest BCUT2D eigenvalue weighted by Crippen LogP contribution is -2.37. The van der Waals surface area contributed by atoms with Gasteiger partial charge in [-0.2, -0.15) is 13.2 Å². The van der Waals surface area contributed by atoms with E-state index in [4.69, 9.17) is 0 Å². The Morgan fingerprint density at radius 1 is 1.37 bits per heavy atom. The fourth-order valence-corrected chi connectivity index (χ4v) is 3.24. The van der Waals surface area contributed by atoms with Crippen LogP contribution in [0.3, 0.4) is 0 Å². The van der Waals surface area contributed by atoms with Crippen LogP contribution in [0.5, 0.6) is 0 Å². The third-order valence-corrected chi connectivity index (χ3v) is 4.27. The summed E-state index contributed by atoms with van der Waals surface area (Å²) in [4.78, 5) is 24.4. The smallest absolute Gasteiger partial charge is 0.389 e. The maximum atomic E-state index is 12.1. The van der Waals surface area contributed by atoms with Crippen molar-refractivity contribution in [3.05, 3.63) is 0 Å². The number of aliphatic carboxylic acids is 1. The van der Waals surface area contributed by atoms with Crippen molar-refractivity contribution in [2.75, 3.05) is 13.1 Å². The SMILES string of the molecule is O=C(CCC(F)(F)F)N1C[C@@H]2CCC[C@@]2(C(=O)O)C1. The molecule has 0 aromatic heterocycles. The van der Waals surface area contributed by atoms with Crippen LogP contribution in [0.15, 0.2) is 0 Å². The Balaban J connectivity index is 1.98. The van der Waals surface area contributed by atoms with Gasteiger partial charge in [-0.15, -0.1) is 0 Å². The molecule has 1 saturated carbocycles. The Kier molecular flexibility index (Phi) is 3.49. The highest BCUT2D eigenvalue weighted by Gasteiger charge is 2.55. The summed E-state index contributed by atoms with van der Waals surface area (Å²) in [6.07, 6.45) is -4.04. The summed E-state index contributed by atoms with van der Waals surface area (Å²) in [7, 11) is 0. The minimum absolute atomic E-state index is 0.0592. The molecule has 0 aromatic carbocycles. The molecular formula is C12H16F3NO3. The van der Waals surface area contributed by atoms with Gasteiger partial charge in [-0.25, -0.2) is 0 Å². The maximum absolute atomic E-state index is 12.1. The van der Waals surface area contributed by atoms with E-state index < -0.39 is 36.3 Å². The van der Waals surface area contributed by atoms with Gasteiger partial charge in [0.15, 0.2) is 0 Å². The predicted molar refractivity (Wildman–Crippen MR) is 59.3 cm³/mol. The van der Waals surface area contributed by atoms with Crippen LogP contribution in [0.4, 0.5) is 13.2 Å². The van der Waals surface area contributed by atoms with Gasteiger partial charge in [-0.05, 0) is 18.8 Å². The molecule has 4 nitrogen and oxygen atoms in total. The molecule has 1 aliphatic heterocycles. The molecule has 108 valence electrons. The van der Waals surface area contributed by atoms with E-state index in [1.807, 2.05) is 0 Å². The van der Waals surface area contributed by atoms with Gasteiger partial charge in [0.1, 0.15) is 0 Å². The third-order valence-electron chi connectivity index (χ3n) is 4.27. The van der Waals surface area contributed by atoms with E-state index in [-0.39, 0.29) is 19.0 Å². The summed E-state index contributed by atoms with van der Waals surface area (Å²) in [5, 5.41) is 9.31. The quantitative estimate of drug-likeness (QED) is 0.860. The first kappa shape index (κ1) is 14.1. The van der Waals surface area contributed by atoms with Crippen LogP contribution in [0.25, 0.3) is 0 Å². The van der Waals surface area contributed by atoms with Gasteiger partial charge in [-0.1, -0.05) is 6.42 Å². The fourth-order valence-electron chi connectivity index (χ4n) is 3.24. The van der Waals surface area contributed by atoms with Crippen molar-refractivity contribution in [3.63, 3.8) is 0 Å². The Labute approximate surface area is 108 Å². The van der Waals surface area contributed by atoms with Crippen LogP contribution in [-0.2, 0) is 9.59 Å². The number of rotatable bonds is 3. The Morgan fingerprint density at radius 2 is 2.05 bits per heavy atom. The number of carbonyl (C=O) groups is 2. The second-order valence-corrected chi connectivity index (χ2v) is 5.44. The standard InChI is InChI=1S/C12H16F3NO3/c13-12(14,15)5-3-9(17)16-6-8-2-1-4-11(8,7-16)10(18)19/h8H,1-7H2,(H,18,19)/t8-,11+/m0/s1. The molecule has 1 aliphatic carbocycles. The summed E-state index contributed by atoms with van der Waals surface area (Å²) >= 11 is 0. The molecule has 0 unspecified atom stereocenters. The zero-order valence-corrected chi connectivity index (χ0v) is 10.4. The van der Waals surface area contributed by atoms with E-state index in [1.54, 1.807) is 0 Å². The number of hydrogen-bond donors (Lipinski definition) is 1. The summed E-state index contributed by atoms with van der Waals surface area (Å²) in [5.41, 5.74) is -0.923. The molecule has 0 spiro atoms. The molecule has 2 aliphatic rings. The number of amides is 1. The molecule has 1 saturated heterocycles. The van der Waals surface area contributed by atoms with Crippen LogP contribution in [0.2, 0.25) is 0 Å². The molecule has 2 atom stereocenters. The van der Waals surface area contributed by atoms with Gasteiger partial charge >= 0.3 is 12.1 Å². The number of carboxylic acid groups (broad SMARTS) is 1. The van der Waals surface area contributed by atoms with E-state index >= 15 is 0 Å². The number of nitrogens with zero attached hydrogens (tertiary/aromatic N) is 1. The minimum atomic E-state index is -4.35. The Morgan fingerprint density at radius 3 is 2.58 bits per heavy atom. The van der Waals surface area contributed by atoms with Gasteiger partial charge < -0.3 is 10.0 Å². The summed E-state index contributed by atoms with van der Waals surface area (Å²) in [6.45, 7) is 0.340. The molecule has 0 radical (unpaired) electrons. The lowest BCUT2D eigenvalue weighted by molar-refractivity contribution is -0.151. The van der Waals surface area contributed by atoms with Crippen molar-refractivity contribution in [1.82, 2.24) is 4.90 Å². The molecule has 19 heavy (non-hydrogen) atoms. The van der Waals surface area contributed by atoms with Crippen molar-refractivity contribution >= 4 is 11.9 Å². The number of likely N-dealkylation sites (tertiary alicyclic amines) is 1. The van der Waals surface area contributed by atoms with Crippen LogP contribution < -0.4 is 0 Å². The Hall–Kier alpha value is -1.27. The number of carbonyl (C=O) groups excluding carboxylic acids is 1. The first-order valence-corrected chi connectivity index (χ1v) is 6.32. The summed E-state index contributed by atoms with van der Waals surface area (Å²) < 4.78 is 36.2. The van der Waals surface area contributed by atoms with Crippen molar-refractivity contribution in [3.8, 4) is 0 Å². The van der Waals surface area contributed by atoms with E-state index in [1.165, 1.54) is 4.90 Å². The van der Waals surface area contributed by atoms with Crippen molar-refractivity contribution in [2.24, 2.45) is 11.3 Å². The number of carboxylic acids is 1. The molecule has 0 bridgehead atoms. The topological polar surface area (TPSA) is 57.6 Å². The second-order valence-electron chi connectivity index (χ2n) is 5.44. The zero-order valence-electron chi connectivity index (χ0n) is 10.4. The van der Waals surface area contributed by atoms with Crippen LogP contribution >= 0.6 is 0 Å². The molecule has 2 fully saturated rings. The van der Waals surface area contributed by atoms with Gasteiger partial charge in [-0.3, -0.25) is 9.59 Å². The molecule has 0 aromatic rings. The first-order valence-electron chi connectivity index (χ1n) is 6.32. The Bertz CT molecular complexity index is 396. The first-order chi connectivity index (χ1) is 8.74. The minimum Gasteiger partial charge on any atom is -0.481 e. The highest BCUT2D eigenvalue weighted by atomic mass is 19.4. The fraction of sp³-hybridized carbons (Fsp3) is 0.833. The molecule has 2 rings (SSSR count). The van der Waals surface area contributed by atoms with Gasteiger partial charge in [0, 0.05) is 19.5 Å². The van der Waals surface area contributed by atoms with Crippen LogP contribution in [0.1, 0.15) is 32.1 Å². The zero-order chi connectivity index (χ0) is 14.3. The van der Waals surface area contributed by atoms with E-state index in [9.17, 15) is 27.9 Å². The maximum Gasteiger partial charge on any atom is 0.389 e. The average Bonchev–Trinajstić information content (AvgIpc) is 2.81. The summed E-state index contributed by atoms with van der Waals surface area (Å²) in [5.74, 6) is -1.63. The van der Waals surface area contributed by atoms with Gasteiger partial charge in [0.25, 0.3) is 0 Å². The number of halogens is 3. The largest absolute Gasteiger partial charge is 0.481 e. The number of alkyl halides is 3. The molecule has 1 heterocycles. The van der Waals surface area contributed by atoms with Gasteiger partial charge in [0.2, 0.25) is 5.91 Å². The van der Waals surface area contributed by atoms with Crippen molar-refractivity contribution in [1.29, 1.82) is 0 Å². The van der Waals surface area contributed by atoms with E-state index in [0.29, 0.717) is 6.42 Å². The van der Waals surface area contributed by atoms with E-state index in [2.05, 4.69) is 0 Å². The van der Waals surface area contributed by atoms with E-state index in [0.717, 1.165) is 12.8 Å². The molecular weight excluding hydrogens is 263 g/mol. The predicted octanol–water partition coefficient (Wildman–Crippen LogP) is 2.04. The van der Waals surface area contributed by atoms with Gasteiger partial charge in [0.05, 0.1) is 11.8 Å². The summed E-state index contributed by atoms with van der Waals surface area (Å²) in [6, 6.07) is 0. The monoisotopic (exact) mass is 279 g/mol. The van der Waals surface area contributed by atoms with Crippen molar-refractivity contribution < 1.29 is 27.9 Å². The second kappa shape index (κ2) is 4.68.